The second-order valence-corrected chi connectivity index (χ2v) is 7.59. The maximum absolute atomic E-state index is 11.8. The van der Waals surface area contributed by atoms with Crippen LogP contribution in [0.4, 0.5) is 5.13 Å². The first kappa shape index (κ1) is 13.1. The molecule has 1 amide bonds. The van der Waals surface area contributed by atoms with Crippen molar-refractivity contribution in [2.24, 2.45) is 5.92 Å². The summed E-state index contributed by atoms with van der Waals surface area (Å²) in [7, 11) is 0. The molecular formula is C12H13N3OS3. The largest absolute Gasteiger partial charge is 0.300 e. The number of rotatable bonds is 5. The van der Waals surface area contributed by atoms with E-state index in [4.69, 9.17) is 0 Å². The number of hydrogen-bond donors (Lipinski definition) is 1. The van der Waals surface area contributed by atoms with Crippen molar-refractivity contribution in [3.8, 4) is 0 Å². The highest BCUT2D eigenvalue weighted by molar-refractivity contribution is 8.00. The summed E-state index contributed by atoms with van der Waals surface area (Å²) >= 11 is 4.85. The maximum Gasteiger partial charge on any atom is 0.229 e. The third kappa shape index (κ3) is 3.34. The molecule has 0 unspecified atom stereocenters. The third-order valence-electron chi connectivity index (χ3n) is 3.03. The van der Waals surface area contributed by atoms with Gasteiger partial charge in [-0.05, 0) is 24.3 Å². The zero-order valence-corrected chi connectivity index (χ0v) is 12.6. The quantitative estimate of drug-likeness (QED) is 0.677. The van der Waals surface area contributed by atoms with Crippen LogP contribution < -0.4 is 5.32 Å². The lowest BCUT2D eigenvalue weighted by Crippen LogP contribution is -2.27. The fourth-order valence-electron chi connectivity index (χ4n) is 1.72. The van der Waals surface area contributed by atoms with Crippen molar-refractivity contribution in [3.05, 3.63) is 22.4 Å². The number of thiophene rings is 1. The van der Waals surface area contributed by atoms with Gasteiger partial charge in [-0.1, -0.05) is 35.6 Å². The van der Waals surface area contributed by atoms with Gasteiger partial charge in [-0.2, -0.15) is 0 Å². The van der Waals surface area contributed by atoms with E-state index in [9.17, 15) is 4.79 Å². The second kappa shape index (κ2) is 6.02. The van der Waals surface area contributed by atoms with E-state index in [2.05, 4.69) is 27.0 Å². The molecule has 3 rings (SSSR count). The van der Waals surface area contributed by atoms with Crippen LogP contribution in [0.2, 0.25) is 0 Å². The minimum atomic E-state index is 0.0946. The second-order valence-electron chi connectivity index (χ2n) is 4.36. The molecule has 0 radical (unpaired) electrons. The van der Waals surface area contributed by atoms with Gasteiger partial charge in [0.25, 0.3) is 0 Å². The Labute approximate surface area is 123 Å². The highest BCUT2D eigenvalue weighted by atomic mass is 32.2. The number of hydrogen-bond acceptors (Lipinski definition) is 6. The lowest BCUT2D eigenvalue weighted by molar-refractivity contribution is -0.122. The van der Waals surface area contributed by atoms with Gasteiger partial charge < -0.3 is 5.32 Å². The normalized spacial score (nSPS) is 15.2. The lowest BCUT2D eigenvalue weighted by atomic mass is 9.85. The molecule has 2 aromatic rings. The molecule has 1 fully saturated rings. The number of thioether (sulfide) groups is 1. The van der Waals surface area contributed by atoms with Crippen molar-refractivity contribution in [3.63, 3.8) is 0 Å². The molecule has 0 bridgehead atoms. The molecule has 0 saturated heterocycles. The Morgan fingerprint density at radius 3 is 3.05 bits per heavy atom. The van der Waals surface area contributed by atoms with Gasteiger partial charge in [-0.25, -0.2) is 0 Å². The molecule has 100 valence electrons. The highest BCUT2D eigenvalue weighted by Crippen LogP contribution is 2.31. The average molecular weight is 311 g/mol. The molecule has 4 nitrogen and oxygen atoms in total. The van der Waals surface area contributed by atoms with Gasteiger partial charge in [0.15, 0.2) is 4.34 Å². The number of amides is 1. The fraction of sp³-hybridized carbons (Fsp3) is 0.417. The number of nitrogens with one attached hydrogen (secondary N) is 1. The van der Waals surface area contributed by atoms with Gasteiger partial charge in [0.2, 0.25) is 11.0 Å². The summed E-state index contributed by atoms with van der Waals surface area (Å²) in [6.07, 6.45) is 3.17. The van der Waals surface area contributed by atoms with Crippen molar-refractivity contribution >= 4 is 45.5 Å². The third-order valence-corrected chi connectivity index (χ3v) is 6.11. The lowest BCUT2D eigenvalue weighted by Gasteiger charge is -2.23. The predicted molar refractivity (Wildman–Crippen MR) is 79.8 cm³/mol. The van der Waals surface area contributed by atoms with Gasteiger partial charge in [0.1, 0.15) is 0 Å². The van der Waals surface area contributed by atoms with E-state index in [-0.39, 0.29) is 11.8 Å². The first-order valence-corrected chi connectivity index (χ1v) is 8.79. The molecule has 1 aliphatic rings. The van der Waals surface area contributed by atoms with E-state index in [0.717, 1.165) is 29.4 Å². The van der Waals surface area contributed by atoms with Crippen LogP contribution >= 0.6 is 34.4 Å². The van der Waals surface area contributed by atoms with Crippen LogP contribution in [0.5, 0.6) is 0 Å². The Kier molecular flexibility index (Phi) is 4.15. The van der Waals surface area contributed by atoms with Crippen molar-refractivity contribution in [2.45, 2.75) is 29.4 Å². The summed E-state index contributed by atoms with van der Waals surface area (Å²) in [5.74, 6) is 1.19. The summed E-state index contributed by atoms with van der Waals surface area (Å²) in [5.41, 5.74) is 0. The van der Waals surface area contributed by atoms with Gasteiger partial charge in [0.05, 0.1) is 0 Å². The zero-order chi connectivity index (χ0) is 13.1. The van der Waals surface area contributed by atoms with Crippen molar-refractivity contribution in [1.82, 2.24) is 10.2 Å². The highest BCUT2D eigenvalue weighted by Gasteiger charge is 2.25. The van der Waals surface area contributed by atoms with Crippen molar-refractivity contribution in [2.75, 3.05) is 5.32 Å². The molecule has 1 N–H and O–H groups in total. The van der Waals surface area contributed by atoms with Crippen molar-refractivity contribution < 1.29 is 4.79 Å². The Morgan fingerprint density at radius 1 is 1.47 bits per heavy atom. The summed E-state index contributed by atoms with van der Waals surface area (Å²) in [4.78, 5) is 13.1. The van der Waals surface area contributed by atoms with Crippen LogP contribution in [0.25, 0.3) is 0 Å². The van der Waals surface area contributed by atoms with Gasteiger partial charge in [0, 0.05) is 16.5 Å². The fourth-order valence-corrected chi connectivity index (χ4v) is 4.25. The van der Waals surface area contributed by atoms with Crippen LogP contribution in [0.15, 0.2) is 21.9 Å². The Bertz CT molecular complexity index is 548. The van der Waals surface area contributed by atoms with E-state index in [1.807, 2.05) is 6.07 Å². The van der Waals surface area contributed by atoms with Crippen molar-refractivity contribution in [1.29, 1.82) is 0 Å². The molecule has 0 spiro atoms. The SMILES string of the molecule is O=C(Nc1nnc(SCc2cccs2)s1)C1CCC1. The van der Waals surface area contributed by atoms with Gasteiger partial charge in [-0.15, -0.1) is 21.5 Å². The molecule has 1 aliphatic carbocycles. The Morgan fingerprint density at radius 2 is 2.37 bits per heavy atom. The number of anilines is 1. The Balaban J connectivity index is 1.52. The monoisotopic (exact) mass is 311 g/mol. The molecule has 7 heteroatoms. The molecule has 2 aromatic heterocycles. The topological polar surface area (TPSA) is 54.9 Å². The molecule has 0 aromatic carbocycles. The number of nitrogens with zero attached hydrogens (tertiary/aromatic N) is 2. The Hall–Kier alpha value is -0.920. The molecule has 0 atom stereocenters. The first-order valence-electron chi connectivity index (χ1n) is 6.11. The molecule has 19 heavy (non-hydrogen) atoms. The number of aromatic nitrogens is 2. The van der Waals surface area contributed by atoms with E-state index >= 15 is 0 Å². The molecule has 2 heterocycles. The van der Waals surface area contributed by atoms with Gasteiger partial charge >= 0.3 is 0 Å². The van der Waals surface area contributed by atoms with E-state index in [1.54, 1.807) is 23.1 Å². The zero-order valence-electron chi connectivity index (χ0n) is 10.2. The van der Waals surface area contributed by atoms with Crippen LogP contribution in [-0.4, -0.2) is 16.1 Å². The van der Waals surface area contributed by atoms with Gasteiger partial charge in [-0.3, -0.25) is 4.79 Å². The summed E-state index contributed by atoms with van der Waals surface area (Å²) in [6, 6.07) is 4.16. The van der Waals surface area contributed by atoms with Crippen LogP contribution in [0, 0.1) is 5.92 Å². The first-order chi connectivity index (χ1) is 9.31. The maximum atomic E-state index is 11.8. The summed E-state index contributed by atoms with van der Waals surface area (Å²) < 4.78 is 0.900. The smallest absolute Gasteiger partial charge is 0.229 e. The molecule has 1 saturated carbocycles. The van der Waals surface area contributed by atoms with E-state index in [0.29, 0.717) is 5.13 Å². The minimum Gasteiger partial charge on any atom is -0.300 e. The standard InChI is InChI=1S/C12H13N3OS3/c16-10(8-3-1-4-8)13-11-14-15-12(19-11)18-7-9-5-2-6-17-9/h2,5-6,8H,1,3-4,7H2,(H,13,14,16). The summed E-state index contributed by atoms with van der Waals surface area (Å²) in [5, 5.41) is 13.6. The molecular weight excluding hydrogens is 298 g/mol. The number of carbonyl (C=O) groups is 1. The summed E-state index contributed by atoms with van der Waals surface area (Å²) in [6.45, 7) is 0. The minimum absolute atomic E-state index is 0.0946. The van der Waals surface area contributed by atoms with E-state index < -0.39 is 0 Å². The van der Waals surface area contributed by atoms with Crippen LogP contribution in [0.1, 0.15) is 24.1 Å². The predicted octanol–water partition coefficient (Wildman–Crippen LogP) is 3.63. The van der Waals surface area contributed by atoms with Crippen LogP contribution in [0.3, 0.4) is 0 Å². The average Bonchev–Trinajstić information content (AvgIpc) is 2.94. The molecule has 0 aliphatic heterocycles. The van der Waals surface area contributed by atoms with E-state index in [1.165, 1.54) is 16.2 Å². The number of carbonyl (C=O) groups excluding carboxylic acids is 1. The van der Waals surface area contributed by atoms with Crippen LogP contribution in [-0.2, 0) is 10.5 Å².